The fraction of sp³-hybridized carbons (Fsp3) is 0.562. The third-order valence-electron chi connectivity index (χ3n) is 3.97. The Bertz CT molecular complexity index is 649. The van der Waals surface area contributed by atoms with Crippen LogP contribution in [0, 0.1) is 0 Å². The molecule has 1 amide bonds. The number of sulfone groups is 1. The number of nitrogens with zero attached hydrogens (tertiary/aromatic N) is 1. The van der Waals surface area contributed by atoms with Gasteiger partial charge in [-0.25, -0.2) is 8.42 Å². The third-order valence-corrected chi connectivity index (χ3v) is 5.72. The first-order valence-electron chi connectivity index (χ1n) is 7.64. The van der Waals surface area contributed by atoms with Gasteiger partial charge in [0.05, 0.1) is 25.7 Å². The number of carbonyl (C=O) groups excluding carboxylic acids is 1. The fourth-order valence-electron chi connectivity index (χ4n) is 2.81. The summed E-state index contributed by atoms with van der Waals surface area (Å²) in [7, 11) is 0.00495. The minimum absolute atomic E-state index is 0.0415. The highest BCUT2D eigenvalue weighted by Gasteiger charge is 2.34. The molecule has 1 fully saturated rings. The van der Waals surface area contributed by atoms with Crippen molar-refractivity contribution in [3.63, 3.8) is 0 Å². The Morgan fingerprint density at radius 1 is 1.22 bits per heavy atom. The van der Waals surface area contributed by atoms with Gasteiger partial charge in [0.1, 0.15) is 11.5 Å². The molecule has 0 saturated carbocycles. The molecule has 6 nitrogen and oxygen atoms in total. The second kappa shape index (κ2) is 7.21. The predicted octanol–water partition coefficient (Wildman–Crippen LogP) is 1.74. The number of methoxy groups -OCH3 is 2. The molecule has 0 aromatic heterocycles. The van der Waals surface area contributed by atoms with Gasteiger partial charge in [-0.2, -0.15) is 0 Å². The number of hydrogen-bond donors (Lipinski definition) is 0. The minimum atomic E-state index is -3.04. The van der Waals surface area contributed by atoms with Gasteiger partial charge in [-0.15, -0.1) is 0 Å². The lowest BCUT2D eigenvalue weighted by atomic mass is 10.1. The quantitative estimate of drug-likeness (QED) is 0.788. The van der Waals surface area contributed by atoms with E-state index in [9.17, 15) is 13.2 Å². The zero-order valence-electron chi connectivity index (χ0n) is 13.7. The summed E-state index contributed by atoms with van der Waals surface area (Å²) in [5, 5.41) is 0. The topological polar surface area (TPSA) is 72.9 Å². The van der Waals surface area contributed by atoms with Gasteiger partial charge in [0, 0.05) is 24.2 Å². The van der Waals surface area contributed by atoms with E-state index in [2.05, 4.69) is 0 Å². The van der Waals surface area contributed by atoms with E-state index in [0.29, 0.717) is 30.0 Å². The normalized spacial score (nSPS) is 19.3. The number of amides is 1. The van der Waals surface area contributed by atoms with E-state index < -0.39 is 9.84 Å². The van der Waals surface area contributed by atoms with Gasteiger partial charge in [0.25, 0.3) is 5.91 Å². The van der Waals surface area contributed by atoms with Crippen molar-refractivity contribution in [3.05, 3.63) is 23.8 Å². The van der Waals surface area contributed by atoms with E-state index in [4.69, 9.17) is 9.47 Å². The van der Waals surface area contributed by atoms with Crippen molar-refractivity contribution in [2.75, 3.05) is 32.3 Å². The SMILES string of the molecule is CCCN(C(=O)c1cc(OC)cc(OC)c1)C1CCS(=O)(=O)C1. The summed E-state index contributed by atoms with van der Waals surface area (Å²) < 4.78 is 33.9. The lowest BCUT2D eigenvalue weighted by Crippen LogP contribution is -2.41. The molecule has 1 aliphatic heterocycles. The van der Waals surface area contributed by atoms with Crippen LogP contribution in [-0.2, 0) is 9.84 Å². The summed E-state index contributed by atoms with van der Waals surface area (Å²) in [6.07, 6.45) is 1.26. The Morgan fingerprint density at radius 2 is 1.83 bits per heavy atom. The Kier molecular flexibility index (Phi) is 5.51. The van der Waals surface area contributed by atoms with Gasteiger partial charge in [-0.3, -0.25) is 4.79 Å². The van der Waals surface area contributed by atoms with Crippen LogP contribution in [0.1, 0.15) is 30.1 Å². The van der Waals surface area contributed by atoms with Crippen molar-refractivity contribution in [1.29, 1.82) is 0 Å². The molecule has 7 heteroatoms. The van der Waals surface area contributed by atoms with E-state index in [-0.39, 0.29) is 23.5 Å². The Morgan fingerprint density at radius 3 is 2.26 bits per heavy atom. The molecule has 2 rings (SSSR count). The highest BCUT2D eigenvalue weighted by atomic mass is 32.2. The number of ether oxygens (including phenoxy) is 2. The molecule has 1 aromatic rings. The summed E-state index contributed by atoms with van der Waals surface area (Å²) in [5.41, 5.74) is 0.443. The molecule has 0 N–H and O–H groups in total. The van der Waals surface area contributed by atoms with Gasteiger partial charge >= 0.3 is 0 Å². The average Bonchev–Trinajstić information content (AvgIpc) is 2.91. The molecule has 0 radical (unpaired) electrons. The van der Waals surface area contributed by atoms with E-state index in [1.165, 1.54) is 14.2 Å². The van der Waals surface area contributed by atoms with Gasteiger partial charge < -0.3 is 14.4 Å². The van der Waals surface area contributed by atoms with E-state index in [1.54, 1.807) is 23.1 Å². The van der Waals surface area contributed by atoms with Crippen LogP contribution in [-0.4, -0.2) is 57.5 Å². The van der Waals surface area contributed by atoms with Crippen LogP contribution in [0.5, 0.6) is 11.5 Å². The van der Waals surface area contributed by atoms with Crippen molar-refractivity contribution in [1.82, 2.24) is 4.90 Å². The average molecular weight is 341 g/mol. The van der Waals surface area contributed by atoms with Crippen molar-refractivity contribution in [2.45, 2.75) is 25.8 Å². The zero-order chi connectivity index (χ0) is 17.0. The molecule has 1 heterocycles. The lowest BCUT2D eigenvalue weighted by Gasteiger charge is -2.28. The molecule has 128 valence electrons. The maximum atomic E-state index is 12.9. The zero-order valence-corrected chi connectivity index (χ0v) is 14.6. The van der Waals surface area contributed by atoms with Crippen molar-refractivity contribution in [3.8, 4) is 11.5 Å². The van der Waals surface area contributed by atoms with Crippen LogP contribution in [0.3, 0.4) is 0 Å². The third kappa shape index (κ3) is 4.16. The van der Waals surface area contributed by atoms with Crippen LogP contribution >= 0.6 is 0 Å². The fourth-order valence-corrected chi connectivity index (χ4v) is 4.54. The summed E-state index contributed by atoms with van der Waals surface area (Å²) in [6.45, 7) is 2.49. The summed E-state index contributed by atoms with van der Waals surface area (Å²) >= 11 is 0. The van der Waals surface area contributed by atoms with Crippen LogP contribution in [0.4, 0.5) is 0 Å². The standard InChI is InChI=1S/C16H23NO5S/c1-4-6-17(13-5-7-23(19,20)11-13)16(18)12-8-14(21-2)10-15(9-12)22-3/h8-10,13H,4-7,11H2,1-3H3. The molecule has 23 heavy (non-hydrogen) atoms. The van der Waals surface area contributed by atoms with Crippen LogP contribution in [0.25, 0.3) is 0 Å². The van der Waals surface area contributed by atoms with Crippen molar-refractivity contribution in [2.24, 2.45) is 0 Å². The largest absolute Gasteiger partial charge is 0.497 e. The Balaban J connectivity index is 2.31. The second-order valence-electron chi connectivity index (χ2n) is 5.66. The molecule has 1 aromatic carbocycles. The number of hydrogen-bond acceptors (Lipinski definition) is 5. The van der Waals surface area contributed by atoms with Crippen LogP contribution in [0.2, 0.25) is 0 Å². The summed E-state index contributed by atoms with van der Waals surface area (Å²) in [5.74, 6) is 1.06. The first kappa shape index (κ1) is 17.6. The number of carbonyl (C=O) groups is 1. The monoisotopic (exact) mass is 341 g/mol. The Labute approximate surface area is 137 Å². The Hall–Kier alpha value is -1.76. The molecular weight excluding hydrogens is 318 g/mol. The first-order valence-corrected chi connectivity index (χ1v) is 9.46. The van der Waals surface area contributed by atoms with Crippen molar-refractivity contribution >= 4 is 15.7 Å². The highest BCUT2D eigenvalue weighted by molar-refractivity contribution is 7.91. The maximum absolute atomic E-state index is 12.9. The minimum Gasteiger partial charge on any atom is -0.497 e. The molecule has 1 atom stereocenters. The summed E-state index contributed by atoms with van der Waals surface area (Å²) in [6, 6.07) is 4.74. The predicted molar refractivity (Wildman–Crippen MR) is 87.9 cm³/mol. The molecule has 0 spiro atoms. The van der Waals surface area contributed by atoms with Gasteiger partial charge in [-0.1, -0.05) is 6.92 Å². The van der Waals surface area contributed by atoms with E-state index >= 15 is 0 Å². The van der Waals surface area contributed by atoms with Crippen LogP contribution in [0.15, 0.2) is 18.2 Å². The first-order chi connectivity index (χ1) is 10.9. The molecular formula is C16H23NO5S. The summed E-state index contributed by atoms with van der Waals surface area (Å²) in [4.78, 5) is 14.6. The molecule has 1 aliphatic rings. The second-order valence-corrected chi connectivity index (χ2v) is 7.89. The smallest absolute Gasteiger partial charge is 0.254 e. The number of benzene rings is 1. The van der Waals surface area contributed by atoms with E-state index in [0.717, 1.165) is 6.42 Å². The molecule has 0 aliphatic carbocycles. The highest BCUT2D eigenvalue weighted by Crippen LogP contribution is 2.26. The van der Waals surface area contributed by atoms with Gasteiger partial charge in [0.15, 0.2) is 9.84 Å². The van der Waals surface area contributed by atoms with Crippen molar-refractivity contribution < 1.29 is 22.7 Å². The van der Waals surface area contributed by atoms with Gasteiger partial charge in [0.2, 0.25) is 0 Å². The van der Waals surface area contributed by atoms with Gasteiger partial charge in [-0.05, 0) is 25.0 Å². The molecule has 1 saturated heterocycles. The van der Waals surface area contributed by atoms with E-state index in [1.807, 2.05) is 6.92 Å². The molecule has 1 unspecified atom stereocenters. The molecule has 0 bridgehead atoms. The number of rotatable bonds is 6. The van der Waals surface area contributed by atoms with Crippen LogP contribution < -0.4 is 9.47 Å². The lowest BCUT2D eigenvalue weighted by molar-refractivity contribution is 0.0696. The maximum Gasteiger partial charge on any atom is 0.254 e.